The maximum atomic E-state index is 13.3. The fourth-order valence-corrected chi connectivity index (χ4v) is 6.57. The van der Waals surface area contributed by atoms with Gasteiger partial charge in [0.2, 0.25) is 0 Å². The number of carbonyl (C=O) groups is 1. The normalized spacial score (nSPS) is 11.1. The average molecular weight is 734 g/mol. The Morgan fingerprint density at radius 3 is 1.73 bits per heavy atom. The molecule has 0 saturated heterocycles. The number of aromatic nitrogens is 2. The van der Waals surface area contributed by atoms with Crippen LogP contribution < -0.4 is 15.0 Å². The SMILES string of the molecule is Br.CCCCCCCCCCCCCCCCCCOc1ccccc1C(=O)CNc1cc2nc3cc(N(C)C)c(C)cc3nc2cc1C. The fourth-order valence-electron chi connectivity index (χ4n) is 6.57. The molecular weight excluding hydrogens is 672 g/mol. The summed E-state index contributed by atoms with van der Waals surface area (Å²) < 4.78 is 6.12. The Bertz CT molecular complexity index is 1590. The Kier molecular flexibility index (Phi) is 17.9. The fraction of sp³-hybridized carbons (Fsp3) is 0.548. The number of fused-ring (bicyclic) bond motifs is 2. The van der Waals surface area contributed by atoms with E-state index in [0.717, 1.165) is 45.4 Å². The van der Waals surface area contributed by atoms with Crippen LogP contribution in [-0.4, -0.2) is 43.0 Å². The molecule has 0 fully saturated rings. The molecule has 0 radical (unpaired) electrons. The average Bonchev–Trinajstić information content (AvgIpc) is 3.07. The summed E-state index contributed by atoms with van der Waals surface area (Å²) in [7, 11) is 4.07. The van der Waals surface area contributed by atoms with E-state index >= 15 is 0 Å². The molecule has 0 bridgehead atoms. The van der Waals surface area contributed by atoms with Crippen molar-refractivity contribution in [3.63, 3.8) is 0 Å². The lowest BCUT2D eigenvalue weighted by atomic mass is 10.0. The molecule has 1 N–H and O–H groups in total. The van der Waals surface area contributed by atoms with Crippen molar-refractivity contribution in [1.29, 1.82) is 0 Å². The predicted octanol–water partition coefficient (Wildman–Crippen LogP) is 12.0. The maximum absolute atomic E-state index is 13.3. The molecule has 1 aromatic heterocycles. The number of ether oxygens (including phenoxy) is 1. The lowest BCUT2D eigenvalue weighted by Crippen LogP contribution is -2.16. The molecule has 4 rings (SSSR count). The molecule has 0 aliphatic rings. The van der Waals surface area contributed by atoms with E-state index in [-0.39, 0.29) is 29.3 Å². The third-order valence-electron chi connectivity index (χ3n) is 9.46. The maximum Gasteiger partial charge on any atom is 0.185 e. The highest BCUT2D eigenvalue weighted by Crippen LogP contribution is 2.28. The smallest absolute Gasteiger partial charge is 0.185 e. The van der Waals surface area contributed by atoms with Gasteiger partial charge in [0.1, 0.15) is 5.75 Å². The number of nitrogens with zero attached hydrogens (tertiary/aromatic N) is 3. The van der Waals surface area contributed by atoms with Crippen LogP contribution in [0.25, 0.3) is 22.1 Å². The van der Waals surface area contributed by atoms with Gasteiger partial charge in [0, 0.05) is 25.5 Å². The summed E-state index contributed by atoms with van der Waals surface area (Å²) in [5.74, 6) is 0.678. The Balaban J connectivity index is 0.00000650. The molecular formula is C42H61BrN4O2. The highest BCUT2D eigenvalue weighted by atomic mass is 79.9. The highest BCUT2D eigenvalue weighted by molar-refractivity contribution is 8.93. The molecule has 0 amide bonds. The van der Waals surface area contributed by atoms with Crippen LogP contribution in [0.5, 0.6) is 5.75 Å². The van der Waals surface area contributed by atoms with Crippen LogP contribution in [-0.2, 0) is 0 Å². The molecule has 0 unspecified atom stereocenters. The topological polar surface area (TPSA) is 67.3 Å². The number of unbranched alkanes of at least 4 members (excludes halogenated alkanes) is 15. The third kappa shape index (κ3) is 12.9. The number of ketones is 1. The van der Waals surface area contributed by atoms with E-state index in [0.29, 0.717) is 17.9 Å². The molecule has 4 aromatic rings. The summed E-state index contributed by atoms with van der Waals surface area (Å²) in [5.41, 5.74) is 8.23. The van der Waals surface area contributed by atoms with E-state index in [1.807, 2.05) is 57.4 Å². The second-order valence-corrected chi connectivity index (χ2v) is 13.8. The summed E-state index contributed by atoms with van der Waals surface area (Å²) in [6, 6.07) is 15.8. The predicted molar refractivity (Wildman–Crippen MR) is 215 cm³/mol. The highest BCUT2D eigenvalue weighted by Gasteiger charge is 2.14. The molecule has 7 heteroatoms. The molecule has 268 valence electrons. The van der Waals surface area contributed by atoms with Crippen LogP contribution in [0, 0.1) is 13.8 Å². The number of Topliss-reactive ketones (excluding diaryl/α,β-unsaturated/α-hetero) is 1. The van der Waals surface area contributed by atoms with Crippen LogP contribution in [0.15, 0.2) is 48.5 Å². The van der Waals surface area contributed by atoms with Gasteiger partial charge >= 0.3 is 0 Å². The number of halogens is 1. The second-order valence-electron chi connectivity index (χ2n) is 13.8. The van der Waals surface area contributed by atoms with Crippen LogP contribution in [0.4, 0.5) is 11.4 Å². The van der Waals surface area contributed by atoms with Crippen molar-refractivity contribution in [1.82, 2.24) is 9.97 Å². The zero-order valence-corrected chi connectivity index (χ0v) is 32.6. The third-order valence-corrected chi connectivity index (χ3v) is 9.46. The zero-order chi connectivity index (χ0) is 34.1. The first-order valence-electron chi connectivity index (χ1n) is 18.8. The first kappa shape index (κ1) is 40.2. The number of para-hydroxylation sites is 1. The van der Waals surface area contributed by atoms with Crippen LogP contribution in [0.1, 0.15) is 131 Å². The zero-order valence-electron chi connectivity index (χ0n) is 30.9. The summed E-state index contributed by atoms with van der Waals surface area (Å²) in [6.45, 7) is 7.24. The minimum absolute atomic E-state index is 0. The van der Waals surface area contributed by atoms with E-state index < -0.39 is 0 Å². The molecule has 0 saturated carbocycles. The van der Waals surface area contributed by atoms with Gasteiger partial charge in [-0.25, -0.2) is 9.97 Å². The summed E-state index contributed by atoms with van der Waals surface area (Å²) in [6.07, 6.45) is 21.6. The largest absolute Gasteiger partial charge is 0.493 e. The Hall–Kier alpha value is -3.19. The molecule has 0 spiro atoms. The van der Waals surface area contributed by atoms with Gasteiger partial charge in [0.05, 0.1) is 40.8 Å². The van der Waals surface area contributed by atoms with E-state index in [1.165, 1.54) is 102 Å². The molecule has 0 aliphatic heterocycles. The number of hydrogen-bond acceptors (Lipinski definition) is 6. The Labute approximate surface area is 306 Å². The van der Waals surface area contributed by atoms with E-state index in [4.69, 9.17) is 14.7 Å². The quantitative estimate of drug-likeness (QED) is 0.0465. The number of nitrogens with one attached hydrogen (secondary N) is 1. The van der Waals surface area contributed by atoms with Gasteiger partial charge in [0.25, 0.3) is 0 Å². The summed E-state index contributed by atoms with van der Waals surface area (Å²) in [5, 5.41) is 3.36. The van der Waals surface area contributed by atoms with Crippen molar-refractivity contribution in [2.75, 3.05) is 37.5 Å². The number of hydrogen-bond donors (Lipinski definition) is 1. The number of carbonyl (C=O) groups excluding carboxylic acids is 1. The minimum Gasteiger partial charge on any atom is -0.493 e. The van der Waals surface area contributed by atoms with E-state index in [1.54, 1.807) is 0 Å². The van der Waals surface area contributed by atoms with Crippen molar-refractivity contribution >= 4 is 56.2 Å². The second kappa shape index (κ2) is 21.8. The van der Waals surface area contributed by atoms with Crippen LogP contribution >= 0.6 is 17.0 Å². The number of benzene rings is 3. The van der Waals surface area contributed by atoms with Crippen LogP contribution in [0.3, 0.4) is 0 Å². The lowest BCUT2D eigenvalue weighted by Gasteiger charge is -2.16. The van der Waals surface area contributed by atoms with E-state index in [9.17, 15) is 4.79 Å². The van der Waals surface area contributed by atoms with Gasteiger partial charge in [-0.1, -0.05) is 115 Å². The molecule has 49 heavy (non-hydrogen) atoms. The number of aryl methyl sites for hydroxylation is 2. The molecule has 3 aromatic carbocycles. The van der Waals surface area contributed by atoms with Gasteiger partial charge in [0.15, 0.2) is 5.78 Å². The van der Waals surface area contributed by atoms with Gasteiger partial charge in [-0.2, -0.15) is 0 Å². The van der Waals surface area contributed by atoms with Gasteiger partial charge in [-0.3, -0.25) is 4.79 Å². The van der Waals surface area contributed by atoms with Crippen molar-refractivity contribution in [2.24, 2.45) is 0 Å². The first-order valence-corrected chi connectivity index (χ1v) is 18.8. The molecule has 0 atom stereocenters. The lowest BCUT2D eigenvalue weighted by molar-refractivity contribution is 0.100. The monoisotopic (exact) mass is 732 g/mol. The minimum atomic E-state index is 0. The van der Waals surface area contributed by atoms with Gasteiger partial charge < -0.3 is 15.0 Å². The Morgan fingerprint density at radius 2 is 1.16 bits per heavy atom. The molecule has 6 nitrogen and oxygen atoms in total. The van der Waals surface area contributed by atoms with Crippen molar-refractivity contribution in [3.8, 4) is 5.75 Å². The van der Waals surface area contributed by atoms with Gasteiger partial charge in [-0.05, 0) is 67.8 Å². The van der Waals surface area contributed by atoms with Crippen molar-refractivity contribution in [3.05, 3.63) is 65.2 Å². The summed E-state index contributed by atoms with van der Waals surface area (Å²) >= 11 is 0. The van der Waals surface area contributed by atoms with Crippen molar-refractivity contribution < 1.29 is 9.53 Å². The standard InChI is InChI=1S/C42H60N4O2.BrH/c1-6-7-8-9-10-11-12-13-14-15-16-17-18-19-20-23-26-48-42-25-22-21-24-34(42)41(47)31-43-35-29-38-36(27-32(35)2)44-37-28-33(3)40(46(4)5)30-39(37)45-38;/h21-22,24-25,27-30,43H,6-20,23,26,31H2,1-5H3;1H. The first-order chi connectivity index (χ1) is 23.4. The van der Waals surface area contributed by atoms with Crippen LogP contribution in [0.2, 0.25) is 0 Å². The van der Waals surface area contributed by atoms with E-state index in [2.05, 4.69) is 36.2 Å². The number of anilines is 2. The summed E-state index contributed by atoms with van der Waals surface area (Å²) in [4.78, 5) is 25.2. The molecule has 1 heterocycles. The van der Waals surface area contributed by atoms with Gasteiger partial charge in [-0.15, -0.1) is 17.0 Å². The Morgan fingerprint density at radius 1 is 0.673 bits per heavy atom. The number of rotatable bonds is 23. The van der Waals surface area contributed by atoms with Crippen molar-refractivity contribution in [2.45, 2.75) is 124 Å². The molecule has 0 aliphatic carbocycles.